The number of carboxylic acids is 1. The van der Waals surface area contributed by atoms with E-state index in [-0.39, 0.29) is 18.1 Å². The molecule has 19 heavy (non-hydrogen) atoms. The molecular weight excluding hydrogens is 272 g/mol. The van der Waals surface area contributed by atoms with Gasteiger partial charge in [-0.15, -0.1) is 6.58 Å². The van der Waals surface area contributed by atoms with E-state index >= 15 is 0 Å². The average Bonchev–Trinajstić information content (AvgIpc) is 2.51. The van der Waals surface area contributed by atoms with Crippen molar-refractivity contribution in [2.24, 2.45) is 0 Å². The van der Waals surface area contributed by atoms with Crippen LogP contribution >= 0.6 is 0 Å². The van der Waals surface area contributed by atoms with E-state index in [0.717, 1.165) is 4.90 Å². The lowest BCUT2D eigenvalue weighted by Crippen LogP contribution is -2.53. The molecule has 1 unspecified atom stereocenters. The van der Waals surface area contributed by atoms with Crippen LogP contribution in [-0.4, -0.2) is 60.6 Å². The van der Waals surface area contributed by atoms with E-state index in [2.05, 4.69) is 11.9 Å². The monoisotopic (exact) mass is 290 g/mol. The van der Waals surface area contributed by atoms with Gasteiger partial charge in [-0.1, -0.05) is 6.08 Å². The number of carboxylic acid groups (broad SMARTS) is 1. The highest BCUT2D eigenvalue weighted by atomic mass is 32.2. The Kier molecular flexibility index (Phi) is 4.56. The number of amides is 2. The summed E-state index contributed by atoms with van der Waals surface area (Å²) in [6.45, 7) is 4.72. The zero-order valence-corrected chi connectivity index (χ0v) is 11.6. The number of carbonyl (C=O) groups is 2. The fourth-order valence-electron chi connectivity index (χ4n) is 1.98. The molecule has 1 aliphatic rings. The third kappa shape index (κ3) is 4.55. The molecule has 0 aromatic rings. The number of nitrogens with zero attached hydrogens (tertiary/aromatic N) is 1. The highest BCUT2D eigenvalue weighted by Crippen LogP contribution is 2.23. The van der Waals surface area contributed by atoms with Crippen LogP contribution < -0.4 is 5.32 Å². The number of rotatable bonds is 5. The van der Waals surface area contributed by atoms with Gasteiger partial charge in [0, 0.05) is 6.54 Å². The minimum Gasteiger partial charge on any atom is -0.480 e. The molecule has 0 aliphatic carbocycles. The molecule has 1 saturated heterocycles. The van der Waals surface area contributed by atoms with E-state index in [1.807, 2.05) is 0 Å². The van der Waals surface area contributed by atoms with Crippen molar-refractivity contribution in [3.63, 3.8) is 0 Å². The van der Waals surface area contributed by atoms with Gasteiger partial charge in [-0.25, -0.2) is 13.2 Å². The first-order chi connectivity index (χ1) is 8.67. The van der Waals surface area contributed by atoms with Crippen molar-refractivity contribution >= 4 is 21.8 Å². The number of aliphatic carboxylic acids is 1. The second-order valence-electron chi connectivity index (χ2n) is 4.90. The van der Waals surface area contributed by atoms with Gasteiger partial charge in [0.15, 0.2) is 9.84 Å². The van der Waals surface area contributed by atoms with Crippen LogP contribution in [0.4, 0.5) is 4.79 Å². The Bertz CT molecular complexity index is 487. The minimum atomic E-state index is -3.13. The van der Waals surface area contributed by atoms with Gasteiger partial charge in [-0.05, 0) is 13.3 Å². The summed E-state index contributed by atoms with van der Waals surface area (Å²) >= 11 is 0. The lowest BCUT2D eigenvalue weighted by atomic mass is 10.0. The van der Waals surface area contributed by atoms with E-state index in [1.54, 1.807) is 6.92 Å². The minimum absolute atomic E-state index is 0.0319. The summed E-state index contributed by atoms with van der Waals surface area (Å²) < 4.78 is 22.9. The van der Waals surface area contributed by atoms with Gasteiger partial charge in [-0.3, -0.25) is 4.79 Å². The van der Waals surface area contributed by atoms with E-state index in [4.69, 9.17) is 5.11 Å². The Labute approximate surface area is 112 Å². The predicted octanol–water partition coefficient (Wildman–Crippen LogP) is -0.154. The first-order valence-corrected chi connectivity index (χ1v) is 7.60. The molecule has 1 rings (SSSR count). The Balaban J connectivity index is 2.71. The fourth-order valence-corrected chi connectivity index (χ4v) is 4.08. The summed E-state index contributed by atoms with van der Waals surface area (Å²) in [5.41, 5.74) is -0.839. The van der Waals surface area contributed by atoms with Crippen molar-refractivity contribution in [1.29, 1.82) is 0 Å². The maximum absolute atomic E-state index is 11.9. The van der Waals surface area contributed by atoms with E-state index in [9.17, 15) is 18.0 Å². The average molecular weight is 290 g/mol. The molecule has 8 heteroatoms. The molecule has 0 aromatic heterocycles. The van der Waals surface area contributed by atoms with Gasteiger partial charge >= 0.3 is 12.0 Å². The quantitative estimate of drug-likeness (QED) is 0.685. The van der Waals surface area contributed by atoms with Gasteiger partial charge in [0.25, 0.3) is 0 Å². The van der Waals surface area contributed by atoms with E-state index in [1.165, 1.54) is 6.08 Å². The van der Waals surface area contributed by atoms with Gasteiger partial charge < -0.3 is 15.3 Å². The highest BCUT2D eigenvalue weighted by molar-refractivity contribution is 7.91. The number of hydrogen-bond donors (Lipinski definition) is 2. The molecule has 0 saturated carbocycles. The van der Waals surface area contributed by atoms with Gasteiger partial charge in [-0.2, -0.15) is 0 Å². The van der Waals surface area contributed by atoms with E-state index in [0.29, 0.717) is 6.42 Å². The highest BCUT2D eigenvalue weighted by Gasteiger charge is 2.40. The first kappa shape index (κ1) is 15.5. The number of sulfone groups is 1. The lowest BCUT2D eigenvalue weighted by Gasteiger charge is -2.28. The SMILES string of the molecule is C=CCN(CC(=O)O)C(=O)NC1(C)CCS(=O)(=O)C1. The first-order valence-electron chi connectivity index (χ1n) is 5.78. The molecule has 0 bridgehead atoms. The fraction of sp³-hybridized carbons (Fsp3) is 0.636. The topological polar surface area (TPSA) is 104 Å². The lowest BCUT2D eigenvalue weighted by molar-refractivity contribution is -0.137. The van der Waals surface area contributed by atoms with Crippen LogP contribution in [0.3, 0.4) is 0 Å². The Morgan fingerprint density at radius 2 is 2.16 bits per heavy atom. The van der Waals surface area contributed by atoms with Crippen molar-refractivity contribution in [3.05, 3.63) is 12.7 Å². The third-order valence-electron chi connectivity index (χ3n) is 2.87. The summed E-state index contributed by atoms with van der Waals surface area (Å²) in [4.78, 5) is 23.7. The number of urea groups is 1. The molecule has 0 spiro atoms. The Hall–Kier alpha value is -1.57. The summed E-state index contributed by atoms with van der Waals surface area (Å²) in [5, 5.41) is 11.3. The zero-order chi connectivity index (χ0) is 14.7. The van der Waals surface area contributed by atoms with Crippen LogP contribution in [0.5, 0.6) is 0 Å². The predicted molar refractivity (Wildman–Crippen MR) is 69.6 cm³/mol. The Morgan fingerprint density at radius 3 is 2.58 bits per heavy atom. The molecule has 1 aliphatic heterocycles. The van der Waals surface area contributed by atoms with Crippen LogP contribution in [0, 0.1) is 0 Å². The normalized spacial score (nSPS) is 24.7. The van der Waals surface area contributed by atoms with Gasteiger partial charge in [0.2, 0.25) is 0 Å². The molecule has 7 nitrogen and oxygen atoms in total. The maximum Gasteiger partial charge on any atom is 0.323 e. The van der Waals surface area contributed by atoms with Crippen molar-refractivity contribution < 1.29 is 23.1 Å². The molecule has 2 N–H and O–H groups in total. The molecule has 1 heterocycles. The third-order valence-corrected chi connectivity index (χ3v) is 4.78. The zero-order valence-electron chi connectivity index (χ0n) is 10.8. The van der Waals surface area contributed by atoms with Crippen molar-refractivity contribution in [2.75, 3.05) is 24.6 Å². The van der Waals surface area contributed by atoms with Crippen LogP contribution in [-0.2, 0) is 14.6 Å². The summed E-state index contributed by atoms with van der Waals surface area (Å²) in [7, 11) is -3.13. The van der Waals surface area contributed by atoms with Gasteiger partial charge in [0.05, 0.1) is 17.0 Å². The molecule has 1 fully saturated rings. The van der Waals surface area contributed by atoms with Crippen LogP contribution in [0.2, 0.25) is 0 Å². The number of carbonyl (C=O) groups excluding carboxylic acids is 1. The number of nitrogens with one attached hydrogen (secondary N) is 1. The molecule has 0 aromatic carbocycles. The van der Waals surface area contributed by atoms with Crippen LogP contribution in [0.25, 0.3) is 0 Å². The Morgan fingerprint density at radius 1 is 1.53 bits per heavy atom. The molecular formula is C11H18N2O5S. The molecule has 108 valence electrons. The molecule has 0 radical (unpaired) electrons. The summed E-state index contributed by atoms with van der Waals surface area (Å²) in [5.74, 6) is -1.23. The second kappa shape index (κ2) is 5.60. The molecule has 2 amide bonds. The summed E-state index contributed by atoms with van der Waals surface area (Å²) in [6, 6.07) is -0.595. The van der Waals surface area contributed by atoms with Crippen LogP contribution in [0.15, 0.2) is 12.7 Å². The second-order valence-corrected chi connectivity index (χ2v) is 7.08. The van der Waals surface area contributed by atoms with Crippen LogP contribution in [0.1, 0.15) is 13.3 Å². The van der Waals surface area contributed by atoms with E-state index < -0.39 is 33.9 Å². The smallest absolute Gasteiger partial charge is 0.323 e. The standard InChI is InChI=1S/C11H18N2O5S/c1-3-5-13(7-9(14)15)10(16)12-11(2)4-6-19(17,18)8-11/h3H,1,4-8H2,2H3,(H,12,16)(H,14,15). The van der Waals surface area contributed by atoms with Crippen molar-refractivity contribution in [3.8, 4) is 0 Å². The van der Waals surface area contributed by atoms with Gasteiger partial charge in [0.1, 0.15) is 6.54 Å². The molecule has 1 atom stereocenters. The largest absolute Gasteiger partial charge is 0.480 e. The summed E-state index contributed by atoms with van der Waals surface area (Å²) in [6.07, 6.45) is 1.74. The van der Waals surface area contributed by atoms with Crippen molar-refractivity contribution in [1.82, 2.24) is 10.2 Å². The maximum atomic E-state index is 11.9. The van der Waals surface area contributed by atoms with Crippen molar-refractivity contribution in [2.45, 2.75) is 18.9 Å². The number of hydrogen-bond acceptors (Lipinski definition) is 4.